The quantitative estimate of drug-likeness (QED) is 0.490. The van der Waals surface area contributed by atoms with Crippen LogP contribution in [-0.2, 0) is 19.6 Å². The fourth-order valence-corrected chi connectivity index (χ4v) is 5.95. The summed E-state index contributed by atoms with van der Waals surface area (Å²) in [7, 11) is -1.98. The number of amides is 2. The standard InChI is InChI=1S/C26H33Cl2N3O4S/c1-5-21(16-30(3)36(4,34)35)31-24(17-9-11-19(27)12-10-17)22(18-7-6-8-20(28)13-18)14-26(2,25(31)33)15-23(29)32/h6-13,21-22,24H,5,14-16H2,1-4H3,(H2,29,32)/t21?,22-,24-,26-/m1/s1. The first-order valence-corrected chi connectivity index (χ1v) is 14.4. The molecule has 2 amide bonds. The first-order valence-electron chi connectivity index (χ1n) is 11.8. The van der Waals surface area contributed by atoms with E-state index in [1.54, 1.807) is 30.0 Å². The minimum atomic E-state index is -3.48. The van der Waals surface area contributed by atoms with Crippen LogP contribution in [-0.4, -0.2) is 55.3 Å². The Morgan fingerprint density at radius 1 is 1.17 bits per heavy atom. The van der Waals surface area contributed by atoms with Crippen LogP contribution < -0.4 is 5.73 Å². The van der Waals surface area contributed by atoms with Gasteiger partial charge in [0.1, 0.15) is 0 Å². The van der Waals surface area contributed by atoms with Crippen LogP contribution in [0, 0.1) is 5.41 Å². The molecule has 1 unspecified atom stereocenters. The van der Waals surface area contributed by atoms with Gasteiger partial charge >= 0.3 is 0 Å². The van der Waals surface area contributed by atoms with Gasteiger partial charge in [0.05, 0.1) is 17.7 Å². The summed E-state index contributed by atoms with van der Waals surface area (Å²) in [5.74, 6) is -1.03. The molecule has 7 nitrogen and oxygen atoms in total. The molecule has 0 bridgehead atoms. The van der Waals surface area contributed by atoms with Crippen molar-refractivity contribution in [2.75, 3.05) is 19.8 Å². The van der Waals surface area contributed by atoms with Crippen LogP contribution in [0.2, 0.25) is 10.0 Å². The molecule has 10 heteroatoms. The second kappa shape index (κ2) is 11.1. The number of carbonyl (C=O) groups is 2. The van der Waals surface area contributed by atoms with Gasteiger partial charge < -0.3 is 10.6 Å². The molecule has 1 heterocycles. The van der Waals surface area contributed by atoms with Crippen LogP contribution in [0.15, 0.2) is 48.5 Å². The number of likely N-dealkylation sites (N-methyl/N-ethyl adjacent to an activating group) is 1. The van der Waals surface area contributed by atoms with E-state index in [1.807, 2.05) is 37.3 Å². The third-order valence-electron chi connectivity index (χ3n) is 7.05. The molecule has 36 heavy (non-hydrogen) atoms. The number of piperidine rings is 1. The van der Waals surface area contributed by atoms with Crippen molar-refractivity contribution in [3.63, 3.8) is 0 Å². The Morgan fingerprint density at radius 3 is 2.33 bits per heavy atom. The summed E-state index contributed by atoms with van der Waals surface area (Å²) in [6, 6.07) is 13.9. The van der Waals surface area contributed by atoms with Crippen LogP contribution in [0.3, 0.4) is 0 Å². The van der Waals surface area contributed by atoms with E-state index in [0.29, 0.717) is 22.9 Å². The number of carbonyl (C=O) groups excluding carboxylic acids is 2. The molecule has 196 valence electrons. The van der Waals surface area contributed by atoms with Gasteiger partial charge in [-0.1, -0.05) is 61.3 Å². The Bertz CT molecular complexity index is 1220. The molecule has 3 rings (SSSR count). The lowest BCUT2D eigenvalue weighted by Gasteiger charge is -2.52. The molecule has 2 aromatic carbocycles. The lowest BCUT2D eigenvalue weighted by atomic mass is 9.67. The number of nitrogens with two attached hydrogens (primary N) is 1. The molecule has 1 fully saturated rings. The molecule has 0 spiro atoms. The molecule has 1 aliphatic rings. The summed E-state index contributed by atoms with van der Waals surface area (Å²) in [5.41, 5.74) is 6.31. The largest absolute Gasteiger partial charge is 0.370 e. The summed E-state index contributed by atoms with van der Waals surface area (Å²) >= 11 is 12.5. The number of hydrogen-bond acceptors (Lipinski definition) is 4. The molecule has 0 radical (unpaired) electrons. The van der Waals surface area contributed by atoms with E-state index in [1.165, 1.54) is 11.4 Å². The zero-order valence-electron chi connectivity index (χ0n) is 20.9. The zero-order valence-corrected chi connectivity index (χ0v) is 23.3. The van der Waals surface area contributed by atoms with Crippen molar-refractivity contribution < 1.29 is 18.0 Å². The average molecular weight is 555 g/mol. The highest BCUT2D eigenvalue weighted by Crippen LogP contribution is 2.52. The second-order valence-electron chi connectivity index (χ2n) is 9.88. The maximum absolute atomic E-state index is 14.2. The molecular weight excluding hydrogens is 521 g/mol. The van der Waals surface area contributed by atoms with Gasteiger partial charge in [-0.25, -0.2) is 12.7 Å². The lowest BCUT2D eigenvalue weighted by Crippen LogP contribution is -2.58. The predicted molar refractivity (Wildman–Crippen MR) is 143 cm³/mol. The number of halogens is 2. The van der Waals surface area contributed by atoms with Crippen LogP contribution in [0.4, 0.5) is 0 Å². The number of benzene rings is 2. The highest BCUT2D eigenvalue weighted by atomic mass is 35.5. The molecule has 0 aliphatic carbocycles. The molecule has 0 saturated carbocycles. The molecule has 2 aromatic rings. The van der Waals surface area contributed by atoms with Gasteiger partial charge in [0, 0.05) is 42.0 Å². The van der Waals surface area contributed by atoms with E-state index < -0.39 is 33.4 Å². The van der Waals surface area contributed by atoms with Crippen molar-refractivity contribution in [1.82, 2.24) is 9.21 Å². The number of likely N-dealkylation sites (tertiary alicyclic amines) is 1. The van der Waals surface area contributed by atoms with Gasteiger partial charge in [0.2, 0.25) is 21.8 Å². The van der Waals surface area contributed by atoms with Crippen molar-refractivity contribution in [2.24, 2.45) is 11.1 Å². The smallest absolute Gasteiger partial charge is 0.229 e. The van der Waals surface area contributed by atoms with E-state index in [0.717, 1.165) is 17.4 Å². The number of rotatable bonds is 9. The maximum atomic E-state index is 14.2. The Hall–Kier alpha value is -2.13. The lowest BCUT2D eigenvalue weighted by molar-refractivity contribution is -0.157. The third-order valence-corrected chi connectivity index (χ3v) is 8.82. The zero-order chi connectivity index (χ0) is 26.8. The minimum Gasteiger partial charge on any atom is -0.370 e. The summed E-state index contributed by atoms with van der Waals surface area (Å²) in [5, 5.41) is 1.13. The van der Waals surface area contributed by atoms with Crippen LogP contribution in [0.25, 0.3) is 0 Å². The highest BCUT2D eigenvalue weighted by molar-refractivity contribution is 7.88. The van der Waals surface area contributed by atoms with Crippen molar-refractivity contribution in [1.29, 1.82) is 0 Å². The van der Waals surface area contributed by atoms with Gasteiger partial charge in [-0.3, -0.25) is 9.59 Å². The molecule has 0 aromatic heterocycles. The maximum Gasteiger partial charge on any atom is 0.229 e. The van der Waals surface area contributed by atoms with Crippen LogP contribution in [0.5, 0.6) is 0 Å². The van der Waals surface area contributed by atoms with Gasteiger partial charge in [0.15, 0.2) is 0 Å². The number of hydrogen-bond donors (Lipinski definition) is 1. The Morgan fingerprint density at radius 2 is 1.81 bits per heavy atom. The van der Waals surface area contributed by atoms with Crippen molar-refractivity contribution in [3.8, 4) is 0 Å². The molecule has 1 aliphatic heterocycles. The molecular formula is C26H33Cl2N3O4S. The monoisotopic (exact) mass is 553 g/mol. The van der Waals surface area contributed by atoms with E-state index in [2.05, 4.69) is 0 Å². The third kappa shape index (κ3) is 6.22. The van der Waals surface area contributed by atoms with Crippen molar-refractivity contribution >= 4 is 45.0 Å². The average Bonchev–Trinajstić information content (AvgIpc) is 2.78. The van der Waals surface area contributed by atoms with Gasteiger partial charge in [-0.15, -0.1) is 0 Å². The van der Waals surface area contributed by atoms with Gasteiger partial charge in [-0.2, -0.15) is 0 Å². The Kier molecular flexibility index (Phi) is 8.76. The van der Waals surface area contributed by atoms with E-state index in [9.17, 15) is 18.0 Å². The summed E-state index contributed by atoms with van der Waals surface area (Å²) in [4.78, 5) is 28.1. The normalized spacial score (nSPS) is 23.6. The van der Waals surface area contributed by atoms with Crippen LogP contribution >= 0.6 is 23.2 Å². The van der Waals surface area contributed by atoms with Gasteiger partial charge in [0.25, 0.3) is 0 Å². The Balaban J connectivity index is 2.24. The summed E-state index contributed by atoms with van der Waals surface area (Å²) in [6.45, 7) is 3.79. The second-order valence-corrected chi connectivity index (χ2v) is 12.8. The molecule has 1 saturated heterocycles. The number of sulfonamides is 1. The fraction of sp³-hybridized carbons (Fsp3) is 0.462. The van der Waals surface area contributed by atoms with Crippen LogP contribution in [0.1, 0.15) is 56.2 Å². The number of nitrogens with zero attached hydrogens (tertiary/aromatic N) is 2. The molecule has 2 N–H and O–H groups in total. The predicted octanol–water partition coefficient (Wildman–Crippen LogP) is 4.60. The topological polar surface area (TPSA) is 101 Å². The summed E-state index contributed by atoms with van der Waals surface area (Å²) in [6.07, 6.45) is 1.90. The van der Waals surface area contributed by atoms with Gasteiger partial charge in [-0.05, 0) is 48.2 Å². The SMILES string of the molecule is CCC(CN(C)S(C)(=O)=O)N1C(=O)[C@@](C)(CC(N)=O)C[C@H](c2cccc(Cl)c2)[C@H]1c1ccc(Cl)cc1. The van der Waals surface area contributed by atoms with E-state index in [-0.39, 0.29) is 24.8 Å². The first kappa shape index (κ1) is 28.4. The molecule has 4 atom stereocenters. The fourth-order valence-electron chi connectivity index (χ4n) is 5.18. The summed E-state index contributed by atoms with van der Waals surface area (Å²) < 4.78 is 25.8. The van der Waals surface area contributed by atoms with Crippen molar-refractivity contribution in [3.05, 3.63) is 69.7 Å². The van der Waals surface area contributed by atoms with E-state index in [4.69, 9.17) is 28.9 Å². The Labute approximate surface area is 223 Å². The van der Waals surface area contributed by atoms with Crippen molar-refractivity contribution in [2.45, 2.75) is 51.1 Å². The first-order chi connectivity index (χ1) is 16.8. The number of primary amides is 1. The highest BCUT2D eigenvalue weighted by Gasteiger charge is 2.52. The van der Waals surface area contributed by atoms with E-state index >= 15 is 0 Å². The minimum absolute atomic E-state index is 0.111.